The molecular formula is C17H16F2N2O6. The van der Waals surface area contributed by atoms with Crippen LogP contribution in [0.2, 0.25) is 0 Å². The van der Waals surface area contributed by atoms with Crippen LogP contribution in [0.1, 0.15) is 23.5 Å². The lowest BCUT2D eigenvalue weighted by Crippen LogP contribution is -2.49. The Labute approximate surface area is 151 Å². The molecule has 0 saturated carbocycles. The summed E-state index contributed by atoms with van der Waals surface area (Å²) in [6.45, 7) is -0.455. The maximum absolute atomic E-state index is 15.5. The van der Waals surface area contributed by atoms with Gasteiger partial charge in [0, 0.05) is 12.3 Å². The number of carbonyl (C=O) groups excluding carboxylic acids is 1. The molecule has 0 aliphatic carbocycles. The highest BCUT2D eigenvalue weighted by Gasteiger charge is 2.67. The van der Waals surface area contributed by atoms with Gasteiger partial charge in [-0.2, -0.15) is 0 Å². The van der Waals surface area contributed by atoms with Crippen LogP contribution in [0.5, 0.6) is 0 Å². The normalized spacial score (nSPS) is 30.2. The van der Waals surface area contributed by atoms with Crippen molar-refractivity contribution in [3.05, 3.63) is 69.0 Å². The Kier molecular flexibility index (Phi) is 4.70. The number of hydrogen-bond donors (Lipinski definition) is 2. The Hall–Kier alpha value is -2.85. The number of aliphatic hydroxyl groups is 1. The number of rotatable bonds is 4. The van der Waals surface area contributed by atoms with Gasteiger partial charge in [0.1, 0.15) is 6.61 Å². The molecule has 10 heteroatoms. The van der Waals surface area contributed by atoms with Gasteiger partial charge in [0.25, 0.3) is 11.4 Å². The van der Waals surface area contributed by atoms with Gasteiger partial charge in [0.15, 0.2) is 11.9 Å². The number of nitrogens with zero attached hydrogens (tertiary/aromatic N) is 1. The van der Waals surface area contributed by atoms with Crippen LogP contribution in [0.15, 0.2) is 52.2 Å². The minimum absolute atomic E-state index is 0.0400. The summed E-state index contributed by atoms with van der Waals surface area (Å²) >= 11 is 0. The summed E-state index contributed by atoms with van der Waals surface area (Å²) < 4.78 is 41.0. The quantitative estimate of drug-likeness (QED) is 0.753. The molecule has 0 spiro atoms. The Bertz CT molecular complexity index is 958. The monoisotopic (exact) mass is 382 g/mol. The molecule has 0 bridgehead atoms. The van der Waals surface area contributed by atoms with Gasteiger partial charge in [0.2, 0.25) is 6.10 Å². The zero-order valence-corrected chi connectivity index (χ0v) is 14.1. The first kappa shape index (κ1) is 18.9. The van der Waals surface area contributed by atoms with Gasteiger partial charge in [-0.3, -0.25) is 14.3 Å². The average molecular weight is 382 g/mol. The second-order valence-electron chi connectivity index (χ2n) is 6.23. The molecule has 1 aromatic carbocycles. The van der Waals surface area contributed by atoms with E-state index < -0.39 is 47.7 Å². The topological polar surface area (TPSA) is 111 Å². The number of nitrogens with one attached hydrogen (secondary N) is 1. The van der Waals surface area contributed by atoms with E-state index >= 15 is 8.78 Å². The number of aromatic amines is 1. The van der Waals surface area contributed by atoms with Crippen molar-refractivity contribution in [3.8, 4) is 0 Å². The SMILES string of the molecule is C[C@]1(F)[C@H](n2ccc(=O)[nH]c2=O)O[C@](F)(CO)[C@H]1OC(=O)c1ccccc1. The standard InChI is InChI=1S/C17H16F2N2O6/c1-16(18)13(26-12(24)10-5-3-2-4-6-10)17(19,9-22)27-14(16)21-8-7-11(23)20-15(21)25/h2-8,13-14,22H,9H2,1H3,(H,20,23,25)/t13-,14+,16+,17+/m0/s1. The Balaban J connectivity index is 1.98. The van der Waals surface area contributed by atoms with E-state index in [-0.39, 0.29) is 5.56 Å². The lowest BCUT2D eigenvalue weighted by molar-refractivity contribution is -0.207. The van der Waals surface area contributed by atoms with Crippen LogP contribution in [0.4, 0.5) is 8.78 Å². The van der Waals surface area contributed by atoms with Gasteiger partial charge < -0.3 is 14.6 Å². The summed E-state index contributed by atoms with van der Waals surface area (Å²) in [5, 5.41) is 9.39. The molecule has 2 N–H and O–H groups in total. The molecule has 4 atom stereocenters. The third kappa shape index (κ3) is 3.28. The van der Waals surface area contributed by atoms with E-state index in [0.717, 1.165) is 19.2 Å². The van der Waals surface area contributed by atoms with E-state index in [1.165, 1.54) is 24.3 Å². The molecule has 144 valence electrons. The molecule has 27 heavy (non-hydrogen) atoms. The minimum atomic E-state index is -3.10. The largest absolute Gasteiger partial charge is 0.449 e. The molecule has 0 amide bonds. The summed E-state index contributed by atoms with van der Waals surface area (Å²) in [6, 6.07) is 8.40. The number of halogens is 2. The Morgan fingerprint density at radius 3 is 2.56 bits per heavy atom. The summed E-state index contributed by atoms with van der Waals surface area (Å²) in [4.78, 5) is 37.2. The molecular weight excluding hydrogens is 366 g/mol. The van der Waals surface area contributed by atoms with Gasteiger partial charge in [-0.15, -0.1) is 0 Å². The molecule has 1 aromatic heterocycles. The lowest BCUT2D eigenvalue weighted by atomic mass is 9.96. The predicted octanol–water partition coefficient (Wildman–Crippen LogP) is 0.677. The molecule has 1 aliphatic rings. The van der Waals surface area contributed by atoms with Gasteiger partial charge in [-0.25, -0.2) is 18.4 Å². The number of hydrogen-bond acceptors (Lipinski definition) is 6. The first-order chi connectivity index (χ1) is 12.7. The Morgan fingerprint density at radius 2 is 1.96 bits per heavy atom. The van der Waals surface area contributed by atoms with E-state index in [1.807, 2.05) is 4.98 Å². The number of benzene rings is 1. The fourth-order valence-corrected chi connectivity index (χ4v) is 2.93. The van der Waals surface area contributed by atoms with Gasteiger partial charge in [0.05, 0.1) is 5.56 Å². The van der Waals surface area contributed by atoms with Crippen LogP contribution < -0.4 is 11.2 Å². The van der Waals surface area contributed by atoms with Crippen molar-refractivity contribution in [2.45, 2.75) is 30.8 Å². The van der Waals surface area contributed by atoms with Crippen molar-refractivity contribution in [3.63, 3.8) is 0 Å². The highest BCUT2D eigenvalue weighted by Crippen LogP contribution is 2.48. The zero-order valence-electron chi connectivity index (χ0n) is 14.1. The molecule has 1 saturated heterocycles. The predicted molar refractivity (Wildman–Crippen MR) is 87.5 cm³/mol. The minimum Gasteiger partial charge on any atom is -0.449 e. The number of carbonyl (C=O) groups is 1. The van der Waals surface area contributed by atoms with Crippen LogP contribution in [0, 0.1) is 0 Å². The summed E-state index contributed by atoms with van der Waals surface area (Å²) in [5.74, 6) is -4.13. The first-order valence-electron chi connectivity index (χ1n) is 7.93. The molecule has 1 fully saturated rings. The molecule has 0 unspecified atom stereocenters. The van der Waals surface area contributed by atoms with E-state index in [4.69, 9.17) is 9.47 Å². The first-order valence-corrected chi connectivity index (χ1v) is 7.93. The van der Waals surface area contributed by atoms with Crippen molar-refractivity contribution in [2.24, 2.45) is 0 Å². The summed E-state index contributed by atoms with van der Waals surface area (Å²) in [7, 11) is 0. The smallest absolute Gasteiger partial charge is 0.338 e. The van der Waals surface area contributed by atoms with Crippen molar-refractivity contribution in [2.75, 3.05) is 6.61 Å². The van der Waals surface area contributed by atoms with Crippen molar-refractivity contribution < 1.29 is 28.2 Å². The third-order valence-corrected chi connectivity index (χ3v) is 4.25. The zero-order chi connectivity index (χ0) is 19.8. The number of aliphatic hydroxyl groups excluding tert-OH is 1. The van der Waals surface area contributed by atoms with Gasteiger partial charge in [-0.05, 0) is 19.1 Å². The maximum Gasteiger partial charge on any atom is 0.338 e. The second kappa shape index (κ2) is 6.71. The van der Waals surface area contributed by atoms with Crippen LogP contribution in [0.25, 0.3) is 0 Å². The molecule has 3 rings (SSSR count). The van der Waals surface area contributed by atoms with Crippen LogP contribution >= 0.6 is 0 Å². The van der Waals surface area contributed by atoms with Crippen LogP contribution in [0.3, 0.4) is 0 Å². The number of H-pyrrole nitrogens is 1. The fraction of sp³-hybridized carbons (Fsp3) is 0.353. The van der Waals surface area contributed by atoms with Crippen molar-refractivity contribution in [1.29, 1.82) is 0 Å². The lowest BCUT2D eigenvalue weighted by Gasteiger charge is -2.28. The van der Waals surface area contributed by atoms with E-state index in [9.17, 15) is 19.5 Å². The number of ether oxygens (including phenoxy) is 2. The highest BCUT2D eigenvalue weighted by molar-refractivity contribution is 5.89. The highest BCUT2D eigenvalue weighted by atomic mass is 19.2. The van der Waals surface area contributed by atoms with E-state index in [2.05, 4.69) is 0 Å². The maximum atomic E-state index is 15.5. The number of aromatic nitrogens is 2. The van der Waals surface area contributed by atoms with Gasteiger partial charge in [-0.1, -0.05) is 18.2 Å². The molecule has 0 radical (unpaired) electrons. The van der Waals surface area contributed by atoms with E-state index in [1.54, 1.807) is 6.07 Å². The molecule has 1 aliphatic heterocycles. The van der Waals surface area contributed by atoms with E-state index in [0.29, 0.717) is 4.57 Å². The number of alkyl halides is 2. The average Bonchev–Trinajstić information content (AvgIpc) is 2.83. The third-order valence-electron chi connectivity index (χ3n) is 4.25. The Morgan fingerprint density at radius 1 is 1.30 bits per heavy atom. The number of esters is 1. The van der Waals surface area contributed by atoms with Gasteiger partial charge >= 0.3 is 11.7 Å². The second-order valence-corrected chi connectivity index (χ2v) is 6.23. The van der Waals surface area contributed by atoms with Crippen LogP contribution in [-0.2, 0) is 9.47 Å². The fourth-order valence-electron chi connectivity index (χ4n) is 2.93. The molecule has 2 heterocycles. The summed E-state index contributed by atoms with van der Waals surface area (Å²) in [6.07, 6.45) is -3.15. The van der Waals surface area contributed by atoms with Crippen molar-refractivity contribution in [1.82, 2.24) is 9.55 Å². The molecule has 8 nitrogen and oxygen atoms in total. The van der Waals surface area contributed by atoms with Crippen molar-refractivity contribution >= 4 is 5.97 Å². The van der Waals surface area contributed by atoms with Crippen LogP contribution in [-0.4, -0.2) is 44.9 Å². The molecule has 2 aromatic rings. The summed E-state index contributed by atoms with van der Waals surface area (Å²) in [5.41, 5.74) is -4.50.